The molecule has 6 aromatic rings. The van der Waals surface area contributed by atoms with Crippen molar-refractivity contribution in [3.63, 3.8) is 0 Å². The lowest BCUT2D eigenvalue weighted by atomic mass is 10.0. The minimum absolute atomic E-state index is 0.0796. The van der Waals surface area contributed by atoms with E-state index < -0.39 is 5.91 Å². The van der Waals surface area contributed by atoms with Crippen LogP contribution in [0.25, 0.3) is 32.6 Å². The fourth-order valence-corrected chi connectivity index (χ4v) is 5.25. The number of carbonyl (C=O) groups is 1. The molecule has 0 spiro atoms. The van der Waals surface area contributed by atoms with Crippen molar-refractivity contribution in [1.29, 1.82) is 0 Å². The molecule has 0 atom stereocenters. The number of aryl methyl sites for hydroxylation is 1. The van der Waals surface area contributed by atoms with Crippen LogP contribution in [0.4, 0.5) is 17.1 Å². The van der Waals surface area contributed by atoms with Crippen LogP contribution in [0, 0.1) is 0 Å². The molecule has 39 heavy (non-hydrogen) atoms. The Hall–Kier alpha value is -4.39. The lowest BCUT2D eigenvalue weighted by Gasteiger charge is -2.11. The number of para-hydroxylation sites is 1. The zero-order chi connectivity index (χ0) is 27.1. The standard InChI is InChI=1S/C31H22Cl2N4O2/c1-2-37-27-10-6-5-9-22(27)23-17-20(12-14-28(23)37)34-31(39)24-15-18-7-3-4-8-21(18)29(30(24)38)36-35-26-16-19(32)11-13-25(26)33/h3-17,38H,2H2,1H3,(H,34,39). The van der Waals surface area contributed by atoms with Gasteiger partial charge in [-0.2, -0.15) is 0 Å². The van der Waals surface area contributed by atoms with Crippen LogP contribution in [0.2, 0.25) is 10.0 Å². The van der Waals surface area contributed by atoms with Crippen molar-refractivity contribution < 1.29 is 9.90 Å². The summed E-state index contributed by atoms with van der Waals surface area (Å²) in [6.07, 6.45) is 0. The summed E-state index contributed by atoms with van der Waals surface area (Å²) in [5, 5.41) is 27.0. The van der Waals surface area contributed by atoms with Crippen molar-refractivity contribution in [2.24, 2.45) is 10.2 Å². The largest absolute Gasteiger partial charge is 0.505 e. The summed E-state index contributed by atoms with van der Waals surface area (Å²) in [5.41, 5.74) is 3.44. The molecule has 0 saturated carbocycles. The van der Waals surface area contributed by atoms with E-state index in [9.17, 15) is 9.90 Å². The number of carbonyl (C=O) groups excluding carboxylic acids is 1. The van der Waals surface area contributed by atoms with Crippen LogP contribution >= 0.6 is 23.2 Å². The van der Waals surface area contributed by atoms with Gasteiger partial charge in [0, 0.05) is 44.4 Å². The molecule has 1 aromatic heterocycles. The van der Waals surface area contributed by atoms with Gasteiger partial charge in [-0.3, -0.25) is 4.79 Å². The second kappa shape index (κ2) is 10.1. The Balaban J connectivity index is 1.41. The summed E-state index contributed by atoms with van der Waals surface area (Å²) in [6.45, 7) is 2.94. The summed E-state index contributed by atoms with van der Waals surface area (Å²) < 4.78 is 2.24. The molecule has 0 bridgehead atoms. The van der Waals surface area contributed by atoms with Gasteiger partial charge in [-0.1, -0.05) is 65.7 Å². The lowest BCUT2D eigenvalue weighted by Crippen LogP contribution is -2.12. The lowest BCUT2D eigenvalue weighted by molar-refractivity contribution is 0.102. The molecule has 2 N–H and O–H groups in total. The summed E-state index contributed by atoms with van der Waals surface area (Å²) in [6, 6.07) is 27.9. The van der Waals surface area contributed by atoms with Gasteiger partial charge in [0.25, 0.3) is 5.91 Å². The Morgan fingerprint density at radius 3 is 2.41 bits per heavy atom. The van der Waals surface area contributed by atoms with Crippen molar-refractivity contribution in [2.75, 3.05) is 5.32 Å². The minimum Gasteiger partial charge on any atom is -0.505 e. The van der Waals surface area contributed by atoms with Crippen LogP contribution < -0.4 is 5.32 Å². The molecule has 0 unspecified atom stereocenters. The van der Waals surface area contributed by atoms with E-state index in [-0.39, 0.29) is 17.0 Å². The van der Waals surface area contributed by atoms with Gasteiger partial charge in [-0.05, 0) is 60.8 Å². The first-order chi connectivity index (χ1) is 18.9. The molecule has 0 aliphatic carbocycles. The first kappa shape index (κ1) is 24.9. The van der Waals surface area contributed by atoms with Crippen LogP contribution in [-0.4, -0.2) is 15.6 Å². The van der Waals surface area contributed by atoms with Crippen molar-refractivity contribution in [1.82, 2.24) is 4.57 Å². The van der Waals surface area contributed by atoms with Gasteiger partial charge in [-0.25, -0.2) is 0 Å². The average Bonchev–Trinajstić information content (AvgIpc) is 3.27. The Labute approximate surface area is 234 Å². The predicted molar refractivity (Wildman–Crippen MR) is 159 cm³/mol. The van der Waals surface area contributed by atoms with E-state index in [4.69, 9.17) is 23.2 Å². The van der Waals surface area contributed by atoms with E-state index in [0.717, 1.165) is 33.7 Å². The molecular formula is C31H22Cl2N4O2. The van der Waals surface area contributed by atoms with E-state index >= 15 is 0 Å². The number of hydrogen-bond acceptors (Lipinski definition) is 4. The molecule has 6 nitrogen and oxygen atoms in total. The van der Waals surface area contributed by atoms with Crippen molar-refractivity contribution in [2.45, 2.75) is 13.5 Å². The first-order valence-electron chi connectivity index (χ1n) is 12.4. The highest BCUT2D eigenvalue weighted by Crippen LogP contribution is 2.41. The summed E-state index contributed by atoms with van der Waals surface area (Å²) in [7, 11) is 0. The number of phenols is 1. The van der Waals surface area contributed by atoms with Crippen LogP contribution in [0.3, 0.4) is 0 Å². The molecule has 1 amide bonds. The number of hydrogen-bond donors (Lipinski definition) is 2. The Bertz CT molecular complexity index is 1950. The normalized spacial score (nSPS) is 11.7. The number of fused-ring (bicyclic) bond motifs is 4. The van der Waals surface area contributed by atoms with Crippen LogP contribution in [0.5, 0.6) is 5.75 Å². The SMILES string of the molecule is CCn1c2ccccc2c2cc(NC(=O)c3cc4ccccc4c(N=Nc4cc(Cl)ccc4Cl)c3O)ccc21. The highest BCUT2D eigenvalue weighted by atomic mass is 35.5. The maximum atomic E-state index is 13.5. The number of amides is 1. The predicted octanol–water partition coefficient (Wildman–Crippen LogP) is 9.65. The first-order valence-corrected chi connectivity index (χ1v) is 13.1. The topological polar surface area (TPSA) is 79.0 Å². The second-order valence-corrected chi connectivity index (χ2v) is 9.93. The number of aromatic hydroxyl groups is 1. The zero-order valence-electron chi connectivity index (χ0n) is 20.8. The minimum atomic E-state index is -0.464. The molecular weight excluding hydrogens is 531 g/mol. The molecule has 8 heteroatoms. The van der Waals surface area contributed by atoms with E-state index in [1.165, 1.54) is 0 Å². The third kappa shape index (κ3) is 4.48. The van der Waals surface area contributed by atoms with E-state index in [2.05, 4.69) is 39.2 Å². The zero-order valence-corrected chi connectivity index (χ0v) is 22.3. The van der Waals surface area contributed by atoms with Gasteiger partial charge < -0.3 is 15.0 Å². The molecule has 0 fully saturated rings. The van der Waals surface area contributed by atoms with Gasteiger partial charge >= 0.3 is 0 Å². The Morgan fingerprint density at radius 2 is 1.59 bits per heavy atom. The number of azo groups is 1. The quantitative estimate of drug-likeness (QED) is 0.209. The van der Waals surface area contributed by atoms with E-state index in [0.29, 0.717) is 26.8 Å². The highest BCUT2D eigenvalue weighted by Gasteiger charge is 2.19. The maximum Gasteiger partial charge on any atom is 0.259 e. The number of nitrogens with one attached hydrogen (secondary N) is 1. The number of anilines is 1. The smallest absolute Gasteiger partial charge is 0.259 e. The van der Waals surface area contributed by atoms with Gasteiger partial charge in [-0.15, -0.1) is 10.2 Å². The van der Waals surface area contributed by atoms with Gasteiger partial charge in [0.05, 0.1) is 10.6 Å². The summed E-state index contributed by atoms with van der Waals surface area (Å²) in [5.74, 6) is -0.745. The van der Waals surface area contributed by atoms with E-state index in [1.807, 2.05) is 54.6 Å². The van der Waals surface area contributed by atoms with Crippen LogP contribution in [0.15, 0.2) is 101 Å². The highest BCUT2D eigenvalue weighted by molar-refractivity contribution is 6.35. The fraction of sp³-hybridized carbons (Fsp3) is 0.0645. The number of phenolic OH excluding ortho intramolecular Hbond substituents is 1. The third-order valence-corrected chi connectivity index (χ3v) is 7.31. The number of halogens is 2. The third-order valence-electron chi connectivity index (χ3n) is 6.75. The van der Waals surface area contributed by atoms with E-state index in [1.54, 1.807) is 24.3 Å². The van der Waals surface area contributed by atoms with Crippen molar-refractivity contribution in [3.05, 3.63) is 107 Å². The molecule has 6 rings (SSSR count). The average molecular weight is 553 g/mol. The molecule has 0 radical (unpaired) electrons. The molecule has 0 aliphatic heterocycles. The number of aromatic nitrogens is 1. The number of nitrogens with zero attached hydrogens (tertiary/aromatic N) is 3. The second-order valence-electron chi connectivity index (χ2n) is 9.09. The molecule has 5 aromatic carbocycles. The van der Waals surface area contributed by atoms with Gasteiger partial charge in [0.15, 0.2) is 5.75 Å². The van der Waals surface area contributed by atoms with Crippen molar-refractivity contribution >= 4 is 78.7 Å². The monoisotopic (exact) mass is 552 g/mol. The Morgan fingerprint density at radius 1 is 0.846 bits per heavy atom. The Kier molecular flexibility index (Phi) is 6.43. The summed E-state index contributed by atoms with van der Waals surface area (Å²) in [4.78, 5) is 13.5. The number of benzene rings is 5. The van der Waals surface area contributed by atoms with Crippen LogP contribution in [-0.2, 0) is 6.54 Å². The van der Waals surface area contributed by atoms with Gasteiger partial charge in [0.1, 0.15) is 11.4 Å². The van der Waals surface area contributed by atoms with Crippen LogP contribution in [0.1, 0.15) is 17.3 Å². The fourth-order valence-electron chi connectivity index (χ4n) is 4.93. The molecule has 192 valence electrons. The molecule has 0 saturated heterocycles. The molecule has 0 aliphatic rings. The number of rotatable bonds is 5. The van der Waals surface area contributed by atoms with Crippen molar-refractivity contribution in [3.8, 4) is 5.75 Å². The summed E-state index contributed by atoms with van der Waals surface area (Å²) >= 11 is 12.3. The maximum absolute atomic E-state index is 13.5. The molecule has 1 heterocycles. The van der Waals surface area contributed by atoms with Gasteiger partial charge in [0.2, 0.25) is 0 Å².